The monoisotopic (exact) mass is 309 g/mol. The minimum atomic E-state index is -0.203. The molecule has 3 N–H and O–H groups in total. The lowest BCUT2D eigenvalue weighted by Crippen LogP contribution is -2.08. The number of aromatic amines is 2. The smallest absolute Gasteiger partial charge is 0.323 e. The van der Waals surface area contributed by atoms with Gasteiger partial charge in [-0.25, -0.2) is 14.8 Å². The number of aromatic nitrogens is 6. The van der Waals surface area contributed by atoms with Crippen molar-refractivity contribution in [1.29, 1.82) is 0 Å². The highest BCUT2D eigenvalue weighted by atomic mass is 16.1. The SMILES string of the molecule is C[C@@H](Nc1ncnc2c1cnn2C)c1ccc2[nH]c(=O)[nH]c2c1. The van der Waals surface area contributed by atoms with Gasteiger partial charge in [-0.3, -0.25) is 4.68 Å². The summed E-state index contributed by atoms with van der Waals surface area (Å²) < 4.78 is 1.71. The van der Waals surface area contributed by atoms with Crippen LogP contribution in [0, 0.1) is 0 Å². The van der Waals surface area contributed by atoms with Crippen molar-refractivity contribution in [2.45, 2.75) is 13.0 Å². The van der Waals surface area contributed by atoms with Crippen LogP contribution >= 0.6 is 0 Å². The summed E-state index contributed by atoms with van der Waals surface area (Å²) in [4.78, 5) is 25.4. The Hall–Kier alpha value is -3.16. The van der Waals surface area contributed by atoms with E-state index in [0.29, 0.717) is 0 Å². The molecular weight excluding hydrogens is 294 g/mol. The highest BCUT2D eigenvalue weighted by Crippen LogP contribution is 2.24. The van der Waals surface area contributed by atoms with Gasteiger partial charge in [0.25, 0.3) is 0 Å². The van der Waals surface area contributed by atoms with Crippen molar-refractivity contribution in [3.63, 3.8) is 0 Å². The van der Waals surface area contributed by atoms with Crippen molar-refractivity contribution in [2.75, 3.05) is 5.32 Å². The van der Waals surface area contributed by atoms with Gasteiger partial charge in [-0.2, -0.15) is 5.10 Å². The van der Waals surface area contributed by atoms with E-state index in [9.17, 15) is 4.79 Å². The van der Waals surface area contributed by atoms with Crippen LogP contribution in [0.2, 0.25) is 0 Å². The number of hydrogen-bond acceptors (Lipinski definition) is 5. The molecule has 3 aromatic heterocycles. The molecule has 3 heterocycles. The average Bonchev–Trinajstić information content (AvgIpc) is 3.09. The summed E-state index contributed by atoms with van der Waals surface area (Å²) in [7, 11) is 1.85. The van der Waals surface area contributed by atoms with Crippen molar-refractivity contribution >= 4 is 27.9 Å². The lowest BCUT2D eigenvalue weighted by molar-refractivity contribution is 0.785. The molecule has 0 bridgehead atoms. The lowest BCUT2D eigenvalue weighted by atomic mass is 10.1. The summed E-state index contributed by atoms with van der Waals surface area (Å²) in [6.45, 7) is 2.04. The van der Waals surface area contributed by atoms with Crippen LogP contribution in [-0.4, -0.2) is 29.7 Å². The first-order valence-electron chi connectivity index (χ1n) is 7.23. The quantitative estimate of drug-likeness (QED) is 0.534. The molecule has 8 nitrogen and oxygen atoms in total. The number of nitrogens with one attached hydrogen (secondary N) is 3. The zero-order chi connectivity index (χ0) is 16.0. The number of nitrogens with zero attached hydrogens (tertiary/aromatic N) is 4. The Morgan fingerprint density at radius 1 is 1.22 bits per heavy atom. The summed E-state index contributed by atoms with van der Waals surface area (Å²) >= 11 is 0. The second kappa shape index (κ2) is 4.94. The van der Waals surface area contributed by atoms with E-state index in [1.807, 2.05) is 32.2 Å². The zero-order valence-corrected chi connectivity index (χ0v) is 12.7. The van der Waals surface area contributed by atoms with E-state index >= 15 is 0 Å². The number of benzene rings is 1. The van der Waals surface area contributed by atoms with Gasteiger partial charge in [0.1, 0.15) is 12.1 Å². The number of fused-ring (bicyclic) bond motifs is 2. The molecule has 0 aliphatic heterocycles. The summed E-state index contributed by atoms with van der Waals surface area (Å²) in [5.74, 6) is 0.734. The van der Waals surface area contributed by atoms with E-state index < -0.39 is 0 Å². The lowest BCUT2D eigenvalue weighted by Gasteiger charge is -2.15. The minimum absolute atomic E-state index is 0.0103. The van der Waals surface area contributed by atoms with Gasteiger partial charge < -0.3 is 15.3 Å². The molecule has 1 atom stereocenters. The van der Waals surface area contributed by atoms with Gasteiger partial charge in [0.05, 0.1) is 28.7 Å². The highest BCUT2D eigenvalue weighted by Gasteiger charge is 2.12. The first-order valence-corrected chi connectivity index (χ1v) is 7.23. The summed E-state index contributed by atoms with van der Waals surface area (Å²) in [6, 6.07) is 5.83. The van der Waals surface area contributed by atoms with E-state index in [1.54, 1.807) is 10.9 Å². The fourth-order valence-electron chi connectivity index (χ4n) is 2.68. The maximum absolute atomic E-state index is 11.4. The van der Waals surface area contributed by atoms with Crippen LogP contribution in [0.15, 0.2) is 35.5 Å². The molecule has 116 valence electrons. The van der Waals surface area contributed by atoms with Gasteiger partial charge in [-0.1, -0.05) is 6.07 Å². The largest absolute Gasteiger partial charge is 0.363 e. The molecule has 0 fully saturated rings. The Labute approximate surface area is 130 Å². The van der Waals surface area contributed by atoms with Gasteiger partial charge in [0.15, 0.2) is 5.65 Å². The predicted molar refractivity (Wildman–Crippen MR) is 87.3 cm³/mol. The Kier molecular flexibility index (Phi) is 2.90. The normalized spacial score (nSPS) is 12.8. The number of anilines is 1. The van der Waals surface area contributed by atoms with Gasteiger partial charge in [-0.15, -0.1) is 0 Å². The Morgan fingerprint density at radius 3 is 2.91 bits per heavy atom. The number of H-pyrrole nitrogens is 2. The summed E-state index contributed by atoms with van der Waals surface area (Å²) in [6.07, 6.45) is 3.27. The molecule has 0 saturated heterocycles. The van der Waals surface area contributed by atoms with Crippen molar-refractivity contribution in [3.05, 3.63) is 46.8 Å². The van der Waals surface area contributed by atoms with Crippen LogP contribution in [0.4, 0.5) is 5.82 Å². The number of imidazole rings is 1. The van der Waals surface area contributed by atoms with E-state index in [1.165, 1.54) is 6.33 Å². The van der Waals surface area contributed by atoms with Crippen LogP contribution in [0.1, 0.15) is 18.5 Å². The number of rotatable bonds is 3. The molecule has 4 aromatic rings. The van der Waals surface area contributed by atoms with Crippen molar-refractivity contribution in [3.8, 4) is 0 Å². The topological polar surface area (TPSA) is 104 Å². The first-order chi connectivity index (χ1) is 11.1. The van der Waals surface area contributed by atoms with Gasteiger partial charge >= 0.3 is 5.69 Å². The van der Waals surface area contributed by atoms with Crippen molar-refractivity contribution in [1.82, 2.24) is 29.7 Å². The van der Waals surface area contributed by atoms with Crippen LogP contribution in [-0.2, 0) is 7.05 Å². The highest BCUT2D eigenvalue weighted by molar-refractivity contribution is 5.86. The summed E-state index contributed by atoms with van der Waals surface area (Å²) in [5.41, 5.74) is 3.20. The standard InChI is InChI=1S/C15H15N7O/c1-8(9-3-4-11-12(5-9)21-15(23)20-11)19-13-10-6-18-22(2)14(10)17-7-16-13/h3-8H,1-2H3,(H,16,17,19)(H2,20,21,23)/t8-/m1/s1. The zero-order valence-electron chi connectivity index (χ0n) is 12.7. The number of aryl methyl sites for hydroxylation is 1. The third-order valence-electron chi connectivity index (χ3n) is 3.92. The van der Waals surface area contributed by atoms with E-state index in [4.69, 9.17) is 0 Å². The van der Waals surface area contributed by atoms with Crippen LogP contribution < -0.4 is 11.0 Å². The predicted octanol–water partition coefficient (Wildman–Crippen LogP) is 1.71. The molecule has 0 radical (unpaired) electrons. The molecular formula is C15H15N7O. The molecule has 0 amide bonds. The third-order valence-corrected chi connectivity index (χ3v) is 3.92. The van der Waals surface area contributed by atoms with Crippen LogP contribution in [0.25, 0.3) is 22.1 Å². The maximum Gasteiger partial charge on any atom is 0.323 e. The Morgan fingerprint density at radius 2 is 2.04 bits per heavy atom. The molecule has 0 spiro atoms. The molecule has 8 heteroatoms. The second-order valence-electron chi connectivity index (χ2n) is 5.48. The van der Waals surface area contributed by atoms with Crippen molar-refractivity contribution in [2.24, 2.45) is 7.05 Å². The molecule has 4 rings (SSSR count). The fraction of sp³-hybridized carbons (Fsp3) is 0.200. The Bertz CT molecular complexity index is 1060. The molecule has 23 heavy (non-hydrogen) atoms. The molecule has 0 unspecified atom stereocenters. The minimum Gasteiger partial charge on any atom is -0.363 e. The Balaban J connectivity index is 1.69. The van der Waals surface area contributed by atoms with E-state index in [0.717, 1.165) is 33.4 Å². The second-order valence-corrected chi connectivity index (χ2v) is 5.48. The first kappa shape index (κ1) is 13.5. The summed E-state index contributed by atoms with van der Waals surface area (Å²) in [5, 5.41) is 8.46. The number of hydrogen-bond donors (Lipinski definition) is 3. The van der Waals surface area contributed by atoms with Gasteiger partial charge in [0, 0.05) is 7.05 Å². The van der Waals surface area contributed by atoms with Crippen LogP contribution in [0.5, 0.6) is 0 Å². The van der Waals surface area contributed by atoms with Crippen LogP contribution in [0.3, 0.4) is 0 Å². The molecule has 1 aromatic carbocycles. The van der Waals surface area contributed by atoms with Gasteiger partial charge in [-0.05, 0) is 24.6 Å². The fourth-order valence-corrected chi connectivity index (χ4v) is 2.68. The average molecular weight is 309 g/mol. The molecule has 0 aliphatic rings. The van der Waals surface area contributed by atoms with Crippen molar-refractivity contribution < 1.29 is 0 Å². The molecule has 0 saturated carbocycles. The third kappa shape index (κ3) is 2.24. The maximum atomic E-state index is 11.4. The van der Waals surface area contributed by atoms with Gasteiger partial charge in [0.2, 0.25) is 0 Å². The van der Waals surface area contributed by atoms with E-state index in [2.05, 4.69) is 30.4 Å². The molecule has 0 aliphatic carbocycles. The van der Waals surface area contributed by atoms with E-state index in [-0.39, 0.29) is 11.7 Å².